The van der Waals surface area contributed by atoms with Crippen molar-refractivity contribution in [3.8, 4) is 0 Å². The minimum Gasteiger partial charge on any atom is -0.348 e. The molecule has 1 heterocycles. The molecule has 0 unspecified atom stereocenters. The summed E-state index contributed by atoms with van der Waals surface area (Å²) in [5, 5.41) is 3.23. The average Bonchev–Trinajstić information content (AvgIpc) is 2.56. The summed E-state index contributed by atoms with van der Waals surface area (Å²) < 4.78 is 0.907. The van der Waals surface area contributed by atoms with Crippen molar-refractivity contribution in [3.05, 3.63) is 45.1 Å². The molecule has 1 amide bonds. The van der Waals surface area contributed by atoms with Crippen molar-refractivity contribution >= 4 is 29.2 Å². The molecule has 0 radical (unpaired) electrons. The van der Waals surface area contributed by atoms with Crippen LogP contribution in [0.15, 0.2) is 33.9 Å². The predicted molar refractivity (Wildman–Crippen MR) is 96.6 cm³/mol. The Morgan fingerprint density at radius 1 is 1.25 bits per heavy atom. The van der Waals surface area contributed by atoms with Gasteiger partial charge in [-0.2, -0.15) is 0 Å². The van der Waals surface area contributed by atoms with Crippen LogP contribution in [0.3, 0.4) is 0 Å². The Morgan fingerprint density at radius 3 is 2.46 bits per heavy atom. The number of fused-ring (bicyclic) bond motifs is 1. The second kappa shape index (κ2) is 8.12. The van der Waals surface area contributed by atoms with Gasteiger partial charge in [-0.3, -0.25) is 14.2 Å². The number of amides is 1. The summed E-state index contributed by atoms with van der Waals surface area (Å²) in [6.45, 7) is 3.84. The summed E-state index contributed by atoms with van der Waals surface area (Å²) in [7, 11) is 0. The second-order valence-electron chi connectivity index (χ2n) is 5.61. The monoisotopic (exact) mass is 354 g/mol. The maximum Gasteiger partial charge on any atom is 0.329 e. The second-order valence-corrected chi connectivity index (χ2v) is 5.61. The summed E-state index contributed by atoms with van der Waals surface area (Å²) in [6, 6.07) is 6.70. The smallest absolute Gasteiger partial charge is 0.329 e. The molecule has 0 saturated heterocycles. The zero-order valence-corrected chi connectivity index (χ0v) is 14.6. The molecule has 1 aromatic carbocycles. The van der Waals surface area contributed by atoms with E-state index < -0.39 is 22.7 Å². The molecule has 2 rings (SSSR count). The highest BCUT2D eigenvalue weighted by atomic mass is 35.5. The molecular formula is C16H23ClN4O3. The zero-order chi connectivity index (χ0) is 17.0. The van der Waals surface area contributed by atoms with Gasteiger partial charge in [0.15, 0.2) is 0 Å². The van der Waals surface area contributed by atoms with Crippen LogP contribution in [0.2, 0.25) is 0 Å². The number of hydrogen-bond acceptors (Lipinski definition) is 4. The molecule has 2 aromatic rings. The van der Waals surface area contributed by atoms with E-state index in [1.165, 1.54) is 0 Å². The summed E-state index contributed by atoms with van der Waals surface area (Å²) in [4.78, 5) is 39.3. The van der Waals surface area contributed by atoms with Gasteiger partial charge in [-0.05, 0) is 25.0 Å². The van der Waals surface area contributed by atoms with E-state index in [0.717, 1.165) is 4.57 Å². The number of nitrogens with one attached hydrogen (secondary N) is 2. The van der Waals surface area contributed by atoms with Crippen molar-refractivity contribution in [2.45, 2.75) is 38.8 Å². The molecule has 24 heavy (non-hydrogen) atoms. The van der Waals surface area contributed by atoms with Gasteiger partial charge in [0, 0.05) is 6.54 Å². The quantitative estimate of drug-likeness (QED) is 0.710. The Kier molecular flexibility index (Phi) is 6.74. The minimum atomic E-state index is -0.602. The highest BCUT2D eigenvalue weighted by molar-refractivity contribution is 5.85. The third-order valence-electron chi connectivity index (χ3n) is 4.34. The molecule has 0 fully saturated rings. The van der Waals surface area contributed by atoms with Crippen LogP contribution >= 0.6 is 12.4 Å². The van der Waals surface area contributed by atoms with Gasteiger partial charge in [0.2, 0.25) is 5.91 Å². The number of halogens is 1. The lowest BCUT2D eigenvalue weighted by Gasteiger charge is -2.31. The van der Waals surface area contributed by atoms with Crippen LogP contribution in [0.4, 0.5) is 0 Å². The highest BCUT2D eigenvalue weighted by Gasteiger charge is 2.26. The number of carbonyl (C=O) groups excluding carboxylic acids is 1. The normalized spacial score (nSPS) is 11.1. The molecule has 132 valence electrons. The van der Waals surface area contributed by atoms with Crippen molar-refractivity contribution in [1.82, 2.24) is 14.9 Å². The van der Waals surface area contributed by atoms with Crippen LogP contribution in [0.1, 0.15) is 26.7 Å². The van der Waals surface area contributed by atoms with Crippen LogP contribution in [0.25, 0.3) is 10.9 Å². The first kappa shape index (κ1) is 19.9. The lowest BCUT2D eigenvalue weighted by molar-refractivity contribution is -0.123. The van der Waals surface area contributed by atoms with E-state index in [-0.39, 0.29) is 19.0 Å². The first-order chi connectivity index (χ1) is 11.0. The van der Waals surface area contributed by atoms with E-state index in [2.05, 4.69) is 10.3 Å². The first-order valence-electron chi connectivity index (χ1n) is 7.69. The maximum absolute atomic E-state index is 12.4. The number of nitrogens with zero attached hydrogens (tertiary/aromatic N) is 1. The Hall–Kier alpha value is -2.12. The minimum absolute atomic E-state index is 0. The van der Waals surface area contributed by atoms with E-state index in [0.29, 0.717) is 30.3 Å². The summed E-state index contributed by atoms with van der Waals surface area (Å²) in [6.07, 6.45) is 1.35. The lowest BCUT2D eigenvalue weighted by atomic mass is 9.93. The molecular weight excluding hydrogens is 332 g/mol. The molecule has 0 atom stereocenters. The molecule has 0 aliphatic heterocycles. The fourth-order valence-corrected chi connectivity index (χ4v) is 2.59. The Labute approximate surface area is 145 Å². The van der Waals surface area contributed by atoms with Crippen LogP contribution in [-0.2, 0) is 11.3 Å². The number of H-pyrrole nitrogens is 1. The van der Waals surface area contributed by atoms with Crippen molar-refractivity contribution in [3.63, 3.8) is 0 Å². The van der Waals surface area contributed by atoms with Gasteiger partial charge >= 0.3 is 5.69 Å². The third-order valence-corrected chi connectivity index (χ3v) is 4.34. The predicted octanol–water partition coefficient (Wildman–Crippen LogP) is 0.745. The van der Waals surface area contributed by atoms with Crippen LogP contribution in [0, 0.1) is 0 Å². The fourth-order valence-electron chi connectivity index (χ4n) is 2.59. The number of aromatic amines is 1. The van der Waals surface area contributed by atoms with Gasteiger partial charge in [-0.1, -0.05) is 26.0 Å². The number of rotatable bonds is 6. The number of carbonyl (C=O) groups is 1. The SMILES string of the molecule is CCC(CC)(CN)NC(=O)Cn1c(=O)[nH]c2ccccc2c1=O.Cl. The molecule has 7 nitrogen and oxygen atoms in total. The van der Waals surface area contributed by atoms with Gasteiger partial charge in [0.1, 0.15) is 6.54 Å². The van der Waals surface area contributed by atoms with E-state index in [9.17, 15) is 14.4 Å². The number of aromatic nitrogens is 2. The summed E-state index contributed by atoms with van der Waals surface area (Å²) >= 11 is 0. The van der Waals surface area contributed by atoms with Gasteiger partial charge in [-0.25, -0.2) is 4.79 Å². The van der Waals surface area contributed by atoms with Gasteiger partial charge in [0.05, 0.1) is 16.4 Å². The van der Waals surface area contributed by atoms with Crippen LogP contribution in [-0.4, -0.2) is 27.5 Å². The summed E-state index contributed by atoms with van der Waals surface area (Å²) in [5.74, 6) is -0.401. The van der Waals surface area contributed by atoms with E-state index in [4.69, 9.17) is 5.73 Å². The Bertz CT molecular complexity index is 816. The van der Waals surface area contributed by atoms with Gasteiger partial charge in [-0.15, -0.1) is 12.4 Å². The van der Waals surface area contributed by atoms with Gasteiger partial charge in [0.25, 0.3) is 5.56 Å². The van der Waals surface area contributed by atoms with E-state index in [1.807, 2.05) is 13.8 Å². The van der Waals surface area contributed by atoms with E-state index >= 15 is 0 Å². The van der Waals surface area contributed by atoms with E-state index in [1.54, 1.807) is 24.3 Å². The average molecular weight is 355 g/mol. The highest BCUT2D eigenvalue weighted by Crippen LogP contribution is 2.13. The first-order valence-corrected chi connectivity index (χ1v) is 7.69. The number of nitrogens with two attached hydrogens (primary N) is 1. The fraction of sp³-hybridized carbons (Fsp3) is 0.438. The van der Waals surface area contributed by atoms with Crippen LogP contribution in [0.5, 0.6) is 0 Å². The Morgan fingerprint density at radius 2 is 1.88 bits per heavy atom. The van der Waals surface area contributed by atoms with Crippen LogP contribution < -0.4 is 22.3 Å². The Balaban J connectivity index is 0.00000288. The summed E-state index contributed by atoms with van der Waals surface area (Å²) in [5.41, 5.74) is 4.62. The molecule has 1 aromatic heterocycles. The zero-order valence-electron chi connectivity index (χ0n) is 13.8. The molecule has 0 bridgehead atoms. The lowest BCUT2D eigenvalue weighted by Crippen LogP contribution is -2.54. The molecule has 0 aliphatic carbocycles. The molecule has 8 heteroatoms. The molecule has 4 N–H and O–H groups in total. The molecule has 0 spiro atoms. The standard InChI is InChI=1S/C16H22N4O3.ClH/c1-3-16(4-2,10-17)19-13(21)9-20-14(22)11-7-5-6-8-12(11)18-15(20)23;/h5-8H,3-4,9-10,17H2,1-2H3,(H,18,23)(H,19,21);1H. The number of para-hydroxylation sites is 1. The van der Waals surface area contributed by atoms with Crippen molar-refractivity contribution < 1.29 is 4.79 Å². The maximum atomic E-state index is 12.4. The largest absolute Gasteiger partial charge is 0.348 e. The number of benzene rings is 1. The third kappa shape index (κ3) is 3.85. The van der Waals surface area contributed by atoms with Crippen molar-refractivity contribution in [2.24, 2.45) is 5.73 Å². The topological polar surface area (TPSA) is 110 Å². The van der Waals surface area contributed by atoms with Crippen molar-refractivity contribution in [2.75, 3.05) is 6.54 Å². The number of hydrogen-bond donors (Lipinski definition) is 3. The molecule has 0 saturated carbocycles. The van der Waals surface area contributed by atoms with Gasteiger partial charge < -0.3 is 16.0 Å². The van der Waals surface area contributed by atoms with Crippen molar-refractivity contribution in [1.29, 1.82) is 0 Å². The molecule has 0 aliphatic rings.